The molecule has 0 radical (unpaired) electrons. The zero-order valence-electron chi connectivity index (χ0n) is 22.6. The first-order chi connectivity index (χ1) is 18.9. The zero-order valence-corrected chi connectivity index (χ0v) is 25.0. The summed E-state index contributed by atoms with van der Waals surface area (Å²) in [6.45, 7) is 2.07. The predicted molar refractivity (Wildman–Crippen MR) is 160 cm³/mol. The largest absolute Gasteiger partial charge is 0.422 e. The minimum absolute atomic E-state index is 0.145. The molecule has 39 heavy (non-hydrogen) atoms. The number of carbonyl (C=O) groups excluding carboxylic acids is 3. The van der Waals surface area contributed by atoms with E-state index in [2.05, 4.69) is 38.7 Å². The van der Waals surface area contributed by atoms with Gasteiger partial charge in [0.2, 0.25) is 5.91 Å². The molecule has 0 aliphatic heterocycles. The Morgan fingerprint density at radius 3 is 2.13 bits per heavy atom. The Bertz CT molecular complexity index is 1080. The number of hydrogen-bond acceptors (Lipinski definition) is 5. The molecule has 0 saturated carbocycles. The maximum absolute atomic E-state index is 12.5. The van der Waals surface area contributed by atoms with E-state index in [4.69, 9.17) is 16.3 Å². The van der Waals surface area contributed by atoms with Crippen LogP contribution in [0.3, 0.4) is 0 Å². The molecule has 0 aliphatic rings. The molecule has 0 saturated heterocycles. The van der Waals surface area contributed by atoms with Crippen molar-refractivity contribution in [2.24, 2.45) is 5.10 Å². The van der Waals surface area contributed by atoms with E-state index in [9.17, 15) is 14.4 Å². The van der Waals surface area contributed by atoms with Crippen molar-refractivity contribution in [3.63, 3.8) is 0 Å². The molecule has 212 valence electrons. The lowest BCUT2D eigenvalue weighted by molar-refractivity contribution is -0.126. The highest BCUT2D eigenvalue weighted by molar-refractivity contribution is 9.10. The second-order valence-corrected chi connectivity index (χ2v) is 10.8. The summed E-state index contributed by atoms with van der Waals surface area (Å²) in [4.78, 5) is 36.6. The van der Waals surface area contributed by atoms with Gasteiger partial charge in [-0.05, 0) is 48.9 Å². The number of nitrogens with zero attached hydrogens (tertiary/aromatic N) is 1. The van der Waals surface area contributed by atoms with Crippen LogP contribution in [0.5, 0.6) is 5.75 Å². The van der Waals surface area contributed by atoms with Crippen LogP contribution < -0.4 is 15.5 Å². The van der Waals surface area contributed by atoms with E-state index in [1.165, 1.54) is 57.6 Å². The third kappa shape index (κ3) is 14.3. The van der Waals surface area contributed by atoms with Gasteiger partial charge in [0.1, 0.15) is 5.75 Å². The van der Waals surface area contributed by atoms with Crippen molar-refractivity contribution in [2.45, 2.75) is 84.0 Å². The molecule has 2 aromatic carbocycles. The van der Waals surface area contributed by atoms with Gasteiger partial charge in [0.05, 0.1) is 18.3 Å². The van der Waals surface area contributed by atoms with E-state index >= 15 is 0 Å². The molecule has 0 unspecified atom stereocenters. The number of amides is 2. The number of hydrogen-bond donors (Lipinski definition) is 2. The second-order valence-electron chi connectivity index (χ2n) is 9.43. The topological polar surface area (TPSA) is 96.9 Å². The first-order valence-electron chi connectivity index (χ1n) is 13.7. The predicted octanol–water partition coefficient (Wildman–Crippen LogP) is 7.59. The fourth-order valence-corrected chi connectivity index (χ4v) is 4.39. The SMILES string of the molecule is CCCCCCCCCCCCCC(=O)NCC(=O)NN=Cc1cc(Br)ccc1OC(=O)c1ccc(Cl)cc1. The van der Waals surface area contributed by atoms with Gasteiger partial charge in [0.15, 0.2) is 0 Å². The van der Waals surface area contributed by atoms with Crippen molar-refractivity contribution in [1.82, 2.24) is 10.7 Å². The Balaban J connectivity index is 1.65. The van der Waals surface area contributed by atoms with Crippen LogP contribution in [0.15, 0.2) is 52.0 Å². The fourth-order valence-electron chi connectivity index (χ4n) is 3.89. The first-order valence-corrected chi connectivity index (χ1v) is 14.9. The highest BCUT2D eigenvalue weighted by Gasteiger charge is 2.12. The van der Waals surface area contributed by atoms with Crippen molar-refractivity contribution in [2.75, 3.05) is 6.54 Å². The Morgan fingerprint density at radius 1 is 0.872 bits per heavy atom. The fraction of sp³-hybridized carbons (Fsp3) is 0.467. The number of esters is 1. The molecule has 0 atom stereocenters. The van der Waals surface area contributed by atoms with E-state index in [-0.39, 0.29) is 18.2 Å². The average molecular weight is 621 g/mol. The number of hydrazone groups is 1. The van der Waals surface area contributed by atoms with Crippen LogP contribution in [0, 0.1) is 0 Å². The van der Waals surface area contributed by atoms with E-state index in [1.807, 2.05) is 0 Å². The number of rotatable bonds is 18. The molecule has 2 rings (SSSR count). The molecule has 2 amide bonds. The van der Waals surface area contributed by atoms with Crippen LogP contribution in [0.25, 0.3) is 0 Å². The van der Waals surface area contributed by atoms with Gasteiger partial charge < -0.3 is 10.1 Å². The number of unbranched alkanes of at least 4 members (excludes halogenated alkanes) is 10. The molecule has 0 fully saturated rings. The maximum atomic E-state index is 12.5. The lowest BCUT2D eigenvalue weighted by Gasteiger charge is -2.08. The Morgan fingerprint density at radius 2 is 1.49 bits per heavy atom. The molecule has 0 heterocycles. The first kappa shape index (κ1) is 32.5. The normalized spacial score (nSPS) is 10.9. The van der Waals surface area contributed by atoms with E-state index in [1.54, 1.807) is 42.5 Å². The lowest BCUT2D eigenvalue weighted by Crippen LogP contribution is -2.34. The molecule has 0 aliphatic carbocycles. The van der Waals surface area contributed by atoms with Crippen LogP contribution in [0.2, 0.25) is 5.02 Å². The maximum Gasteiger partial charge on any atom is 0.343 e. The standard InChI is InChI=1S/C30H39BrClN3O4/c1-2-3-4-5-6-7-8-9-10-11-12-13-28(36)33-22-29(37)35-34-21-24-20-25(31)16-19-27(24)39-30(38)23-14-17-26(32)18-15-23/h14-21H,2-13,22H2,1H3,(H,33,36)(H,35,37). The number of halogens is 2. The van der Waals surface area contributed by atoms with Crippen molar-refractivity contribution in [3.8, 4) is 5.75 Å². The summed E-state index contributed by atoms with van der Waals surface area (Å²) in [6.07, 6.45) is 15.2. The van der Waals surface area contributed by atoms with E-state index in [0.29, 0.717) is 22.6 Å². The van der Waals surface area contributed by atoms with Gasteiger partial charge in [-0.3, -0.25) is 9.59 Å². The Labute approximate surface area is 245 Å². The van der Waals surface area contributed by atoms with Crippen LogP contribution in [0.1, 0.15) is 99.9 Å². The smallest absolute Gasteiger partial charge is 0.343 e. The van der Waals surface area contributed by atoms with Gasteiger partial charge in [0.25, 0.3) is 5.91 Å². The summed E-state index contributed by atoms with van der Waals surface area (Å²) in [5.74, 6) is -0.869. The summed E-state index contributed by atoms with van der Waals surface area (Å²) < 4.78 is 6.24. The van der Waals surface area contributed by atoms with Crippen LogP contribution in [-0.4, -0.2) is 30.5 Å². The summed E-state index contributed by atoms with van der Waals surface area (Å²) in [6, 6.07) is 11.4. The Hall–Kier alpha value is -2.71. The highest BCUT2D eigenvalue weighted by Crippen LogP contribution is 2.23. The lowest BCUT2D eigenvalue weighted by atomic mass is 10.1. The van der Waals surface area contributed by atoms with E-state index in [0.717, 1.165) is 23.7 Å². The van der Waals surface area contributed by atoms with Crippen molar-refractivity contribution in [3.05, 3.63) is 63.1 Å². The van der Waals surface area contributed by atoms with Gasteiger partial charge in [-0.15, -0.1) is 0 Å². The number of nitrogens with one attached hydrogen (secondary N) is 2. The minimum atomic E-state index is -0.548. The molecule has 0 aromatic heterocycles. The molecule has 0 spiro atoms. The summed E-state index contributed by atoms with van der Waals surface area (Å²) in [5, 5.41) is 7.08. The second kappa shape index (κ2) is 19.4. The van der Waals surface area contributed by atoms with Crippen molar-refractivity contribution in [1.29, 1.82) is 0 Å². The minimum Gasteiger partial charge on any atom is -0.422 e. The average Bonchev–Trinajstić information content (AvgIpc) is 2.92. The highest BCUT2D eigenvalue weighted by atomic mass is 79.9. The van der Waals surface area contributed by atoms with E-state index < -0.39 is 11.9 Å². The molecule has 2 aromatic rings. The third-order valence-corrected chi connectivity index (χ3v) is 6.85. The summed E-state index contributed by atoms with van der Waals surface area (Å²) >= 11 is 9.25. The molecule has 9 heteroatoms. The van der Waals surface area contributed by atoms with Gasteiger partial charge in [0, 0.05) is 21.5 Å². The third-order valence-electron chi connectivity index (χ3n) is 6.10. The van der Waals surface area contributed by atoms with Gasteiger partial charge in [-0.25, -0.2) is 10.2 Å². The zero-order chi connectivity index (χ0) is 28.3. The van der Waals surface area contributed by atoms with Crippen molar-refractivity contribution >= 4 is 51.5 Å². The quantitative estimate of drug-likeness (QED) is 0.0590. The molecule has 0 bridgehead atoms. The van der Waals surface area contributed by atoms with Crippen LogP contribution >= 0.6 is 27.5 Å². The van der Waals surface area contributed by atoms with Gasteiger partial charge in [-0.1, -0.05) is 98.7 Å². The molecule has 2 N–H and O–H groups in total. The molecular weight excluding hydrogens is 582 g/mol. The monoisotopic (exact) mass is 619 g/mol. The Kier molecular flexibility index (Phi) is 16.1. The molecular formula is C30H39BrClN3O4. The summed E-state index contributed by atoms with van der Waals surface area (Å²) in [7, 11) is 0. The number of ether oxygens (including phenoxy) is 1. The molecule has 7 nitrogen and oxygen atoms in total. The van der Waals surface area contributed by atoms with Gasteiger partial charge >= 0.3 is 5.97 Å². The number of benzene rings is 2. The van der Waals surface area contributed by atoms with Gasteiger partial charge in [-0.2, -0.15) is 5.10 Å². The van der Waals surface area contributed by atoms with Crippen molar-refractivity contribution < 1.29 is 19.1 Å². The summed E-state index contributed by atoms with van der Waals surface area (Å²) in [5.41, 5.74) is 3.21. The number of carbonyl (C=O) groups is 3. The van der Waals surface area contributed by atoms with Crippen LogP contribution in [-0.2, 0) is 9.59 Å². The van der Waals surface area contributed by atoms with Crippen LogP contribution in [0.4, 0.5) is 0 Å².